The molecule has 3 N–H and O–H groups in total. The zero-order valence-electron chi connectivity index (χ0n) is 18.2. The Morgan fingerprint density at radius 1 is 0.971 bits per heavy atom. The van der Waals surface area contributed by atoms with Crippen LogP contribution in [0.5, 0.6) is 11.5 Å². The van der Waals surface area contributed by atoms with Crippen molar-refractivity contribution in [2.75, 3.05) is 7.11 Å². The van der Waals surface area contributed by atoms with Crippen molar-refractivity contribution >= 4 is 33.6 Å². The number of carbonyl (C=O) groups excluding carboxylic acids is 2. The van der Waals surface area contributed by atoms with Crippen LogP contribution < -0.4 is 4.74 Å². The molecule has 0 aliphatic heterocycles. The minimum atomic E-state index is -0.0619. The molecule has 0 spiro atoms. The topological polar surface area (TPSA) is 134 Å². The van der Waals surface area contributed by atoms with Crippen LogP contribution in [0.2, 0.25) is 0 Å². The zero-order chi connectivity index (χ0) is 23.4. The summed E-state index contributed by atoms with van der Waals surface area (Å²) in [7, 11) is 1.53. The molecule has 168 valence electrons. The van der Waals surface area contributed by atoms with E-state index in [2.05, 4.69) is 25.1 Å². The minimum absolute atomic E-state index is 0.0271. The molecule has 5 aromatic rings. The average molecular weight is 453 g/mol. The van der Waals surface area contributed by atoms with Crippen molar-refractivity contribution in [1.29, 1.82) is 0 Å². The molecule has 1 aliphatic carbocycles. The molecule has 1 aliphatic rings. The highest BCUT2D eigenvalue weighted by atomic mass is 16.5. The molecule has 0 unspecified atom stereocenters. The number of ether oxygens (including phenoxy) is 1. The summed E-state index contributed by atoms with van der Waals surface area (Å²) in [4.78, 5) is 37.8. The van der Waals surface area contributed by atoms with E-state index in [4.69, 9.17) is 4.74 Å². The maximum atomic E-state index is 12.8. The van der Waals surface area contributed by atoms with Crippen LogP contribution in [0.4, 0.5) is 0 Å². The van der Waals surface area contributed by atoms with Gasteiger partial charge in [-0.05, 0) is 42.8 Å². The van der Waals surface area contributed by atoms with Crippen LogP contribution in [0.1, 0.15) is 40.0 Å². The third-order valence-electron chi connectivity index (χ3n) is 6.16. The van der Waals surface area contributed by atoms with E-state index in [0.717, 1.165) is 10.9 Å². The molecule has 0 saturated carbocycles. The Morgan fingerprint density at radius 3 is 2.65 bits per heavy atom. The van der Waals surface area contributed by atoms with Crippen LogP contribution in [-0.4, -0.2) is 48.9 Å². The van der Waals surface area contributed by atoms with E-state index in [-0.39, 0.29) is 17.3 Å². The Bertz CT molecular complexity index is 1630. The summed E-state index contributed by atoms with van der Waals surface area (Å²) >= 11 is 0. The minimum Gasteiger partial charge on any atom is -0.508 e. The third kappa shape index (κ3) is 3.05. The average Bonchev–Trinajstić information content (AvgIpc) is 3.42. The molecule has 6 rings (SSSR count). The van der Waals surface area contributed by atoms with Gasteiger partial charge < -0.3 is 14.8 Å². The van der Waals surface area contributed by atoms with Crippen molar-refractivity contribution in [2.45, 2.75) is 19.3 Å². The van der Waals surface area contributed by atoms with Crippen LogP contribution in [0.25, 0.3) is 44.8 Å². The van der Waals surface area contributed by atoms with E-state index in [9.17, 15) is 14.7 Å². The quantitative estimate of drug-likeness (QED) is 0.344. The first-order valence-electron chi connectivity index (χ1n) is 10.9. The summed E-state index contributed by atoms with van der Waals surface area (Å²) in [6.45, 7) is 0. The number of benzene rings is 2. The van der Waals surface area contributed by atoms with E-state index >= 15 is 0 Å². The molecule has 0 fully saturated rings. The van der Waals surface area contributed by atoms with Gasteiger partial charge in [-0.1, -0.05) is 0 Å². The van der Waals surface area contributed by atoms with Gasteiger partial charge in [-0.2, -0.15) is 5.10 Å². The van der Waals surface area contributed by atoms with Gasteiger partial charge in [0.05, 0.1) is 23.9 Å². The van der Waals surface area contributed by atoms with E-state index in [1.165, 1.54) is 13.2 Å². The molecule has 9 nitrogen and oxygen atoms in total. The van der Waals surface area contributed by atoms with Gasteiger partial charge in [0.15, 0.2) is 23.0 Å². The fourth-order valence-electron chi connectivity index (χ4n) is 4.50. The smallest absolute Gasteiger partial charge is 0.182 e. The molecule has 3 heterocycles. The number of Topliss-reactive ketones (excluding diaryl/α,β-unsaturated/α-hetero) is 2. The van der Waals surface area contributed by atoms with Crippen molar-refractivity contribution in [3.05, 3.63) is 53.6 Å². The molecule has 0 saturated heterocycles. The summed E-state index contributed by atoms with van der Waals surface area (Å²) < 4.78 is 5.38. The third-order valence-corrected chi connectivity index (χ3v) is 6.16. The summed E-state index contributed by atoms with van der Waals surface area (Å²) in [5.41, 5.74) is 4.48. The first kappa shape index (κ1) is 20.1. The Balaban J connectivity index is 1.47. The molecule has 34 heavy (non-hydrogen) atoms. The fraction of sp³-hybridized carbons (Fsp3) is 0.160. The van der Waals surface area contributed by atoms with Gasteiger partial charge in [0.25, 0.3) is 0 Å². The van der Waals surface area contributed by atoms with Crippen molar-refractivity contribution < 1.29 is 19.4 Å². The van der Waals surface area contributed by atoms with Gasteiger partial charge in [0, 0.05) is 35.4 Å². The standard InChI is InChI=1S/C25H19N5O4/c1-34-20-11-12(31)5-6-13(20)16-9-8-15-22(29-30-24(15)26-16)25-27-17-10-7-14-18(32)3-2-4-19(33)21(14)23(17)28-25/h5-11,31H,2-4H2,1H3,(H,27,28)(H,26,29,30). The predicted octanol–water partition coefficient (Wildman–Crippen LogP) is 4.43. The lowest BCUT2D eigenvalue weighted by Crippen LogP contribution is -2.04. The van der Waals surface area contributed by atoms with Crippen molar-refractivity contribution in [3.63, 3.8) is 0 Å². The Kier molecular flexibility index (Phi) is 4.44. The molecule has 0 bridgehead atoms. The van der Waals surface area contributed by atoms with Gasteiger partial charge in [0.1, 0.15) is 22.7 Å². The molecular weight excluding hydrogens is 434 g/mol. The van der Waals surface area contributed by atoms with Crippen molar-refractivity contribution in [2.24, 2.45) is 0 Å². The van der Waals surface area contributed by atoms with E-state index in [1.54, 1.807) is 24.3 Å². The first-order valence-corrected chi connectivity index (χ1v) is 10.9. The highest BCUT2D eigenvalue weighted by Crippen LogP contribution is 2.35. The number of methoxy groups -OCH3 is 1. The number of nitrogens with zero attached hydrogens (tertiary/aromatic N) is 3. The molecule has 3 aromatic heterocycles. The molecule has 2 aromatic carbocycles. The zero-order valence-corrected chi connectivity index (χ0v) is 18.2. The number of hydrogen-bond acceptors (Lipinski definition) is 7. The number of H-pyrrole nitrogens is 2. The number of nitrogens with one attached hydrogen (secondary N) is 2. The lowest BCUT2D eigenvalue weighted by Gasteiger charge is -2.08. The number of aromatic nitrogens is 5. The van der Waals surface area contributed by atoms with E-state index in [0.29, 0.717) is 70.0 Å². The fourth-order valence-corrected chi connectivity index (χ4v) is 4.50. The SMILES string of the molecule is COc1cc(O)ccc1-c1ccc2c(-c3nc4c5c(ccc4[nH]3)C(=O)CCCC5=O)[nH]nc2n1. The second-order valence-corrected chi connectivity index (χ2v) is 8.22. The number of imidazole rings is 1. The Morgan fingerprint density at radius 2 is 1.79 bits per heavy atom. The number of aromatic hydroxyl groups is 1. The molecule has 0 amide bonds. The number of carbonyl (C=O) groups is 2. The molecule has 0 atom stereocenters. The van der Waals surface area contributed by atoms with E-state index in [1.807, 2.05) is 12.1 Å². The largest absolute Gasteiger partial charge is 0.508 e. The number of phenolic OH excluding ortho intramolecular Hbond substituents is 1. The second-order valence-electron chi connectivity index (χ2n) is 8.22. The molecule has 9 heteroatoms. The maximum absolute atomic E-state index is 12.8. The lowest BCUT2D eigenvalue weighted by atomic mass is 10.00. The van der Waals surface area contributed by atoms with Crippen LogP contribution >= 0.6 is 0 Å². The highest BCUT2D eigenvalue weighted by molar-refractivity contribution is 6.17. The number of fused-ring (bicyclic) bond motifs is 4. The number of aromatic amines is 2. The van der Waals surface area contributed by atoms with Crippen LogP contribution in [0.3, 0.4) is 0 Å². The first-order chi connectivity index (χ1) is 16.5. The van der Waals surface area contributed by atoms with Gasteiger partial charge in [-0.25, -0.2) is 9.97 Å². The van der Waals surface area contributed by atoms with Gasteiger partial charge >= 0.3 is 0 Å². The van der Waals surface area contributed by atoms with Crippen molar-refractivity contribution in [1.82, 2.24) is 25.1 Å². The number of hydrogen-bond donors (Lipinski definition) is 3. The second kappa shape index (κ2) is 7.51. The normalized spacial score (nSPS) is 13.9. The molecule has 0 radical (unpaired) electrons. The predicted molar refractivity (Wildman–Crippen MR) is 125 cm³/mol. The van der Waals surface area contributed by atoms with Crippen LogP contribution in [-0.2, 0) is 0 Å². The van der Waals surface area contributed by atoms with Crippen molar-refractivity contribution in [3.8, 4) is 34.3 Å². The number of rotatable bonds is 3. The number of pyridine rings is 1. The lowest BCUT2D eigenvalue weighted by molar-refractivity contribution is 0.0981. The van der Waals surface area contributed by atoms with Gasteiger partial charge in [-0.15, -0.1) is 0 Å². The van der Waals surface area contributed by atoms with Gasteiger partial charge in [0.2, 0.25) is 0 Å². The van der Waals surface area contributed by atoms with Gasteiger partial charge in [-0.3, -0.25) is 14.7 Å². The summed E-state index contributed by atoms with van der Waals surface area (Å²) in [6, 6.07) is 12.0. The summed E-state index contributed by atoms with van der Waals surface area (Å²) in [6.07, 6.45) is 1.25. The summed E-state index contributed by atoms with van der Waals surface area (Å²) in [5, 5.41) is 17.8. The maximum Gasteiger partial charge on any atom is 0.182 e. The monoisotopic (exact) mass is 453 g/mol. The van der Waals surface area contributed by atoms with Crippen LogP contribution in [0.15, 0.2) is 42.5 Å². The number of ketones is 2. The van der Waals surface area contributed by atoms with Crippen LogP contribution in [0, 0.1) is 0 Å². The Labute approximate surface area is 192 Å². The van der Waals surface area contributed by atoms with E-state index < -0.39 is 0 Å². The summed E-state index contributed by atoms with van der Waals surface area (Å²) in [5.74, 6) is 1.02. The highest BCUT2D eigenvalue weighted by Gasteiger charge is 2.26. The number of phenols is 1. The molecular formula is C25H19N5O4. The Hall–Kier alpha value is -4.53.